The highest BCUT2D eigenvalue weighted by Crippen LogP contribution is 2.12. The predicted octanol–water partition coefficient (Wildman–Crippen LogP) is 2.29. The Balaban J connectivity index is 3.82. The molecule has 0 aromatic heterocycles. The van der Waals surface area contributed by atoms with E-state index in [9.17, 15) is 0 Å². The maximum Gasteiger partial charge on any atom is 0.0618 e. The molecule has 2 heteroatoms. The Morgan fingerprint density at radius 1 is 1.23 bits per heavy atom. The summed E-state index contributed by atoms with van der Waals surface area (Å²) >= 11 is 0. The van der Waals surface area contributed by atoms with Gasteiger partial charge in [-0.05, 0) is 11.3 Å². The zero-order chi connectivity index (χ0) is 10.5. The monoisotopic (exact) mass is 187 g/mol. The second-order valence-corrected chi connectivity index (χ2v) is 5.25. The summed E-state index contributed by atoms with van der Waals surface area (Å²) in [5.41, 5.74) is 0.348. The second-order valence-electron chi connectivity index (χ2n) is 5.25. The van der Waals surface area contributed by atoms with Gasteiger partial charge in [0.1, 0.15) is 0 Å². The Kier molecular flexibility index (Phi) is 5.57. The highest BCUT2D eigenvalue weighted by molar-refractivity contribution is 4.74. The number of rotatable bonds is 5. The number of methoxy groups -OCH3 is 1. The SMILES string of the molecule is COCC(NCC(C)(C)C)C(C)C. The van der Waals surface area contributed by atoms with Crippen molar-refractivity contribution in [3.63, 3.8) is 0 Å². The molecule has 13 heavy (non-hydrogen) atoms. The molecule has 1 unspecified atom stereocenters. The molecule has 0 saturated carbocycles. The van der Waals surface area contributed by atoms with Crippen molar-refractivity contribution in [3.8, 4) is 0 Å². The highest BCUT2D eigenvalue weighted by Gasteiger charge is 2.16. The number of nitrogens with one attached hydrogen (secondary N) is 1. The molecule has 0 amide bonds. The molecule has 0 heterocycles. The van der Waals surface area contributed by atoms with Crippen LogP contribution in [0, 0.1) is 11.3 Å². The first-order valence-electron chi connectivity index (χ1n) is 5.09. The lowest BCUT2D eigenvalue weighted by molar-refractivity contribution is 0.141. The second kappa shape index (κ2) is 5.61. The molecule has 1 atom stereocenters. The Morgan fingerprint density at radius 3 is 2.08 bits per heavy atom. The number of hydrogen-bond acceptors (Lipinski definition) is 2. The fraction of sp³-hybridized carbons (Fsp3) is 1.00. The van der Waals surface area contributed by atoms with E-state index < -0.39 is 0 Å². The third kappa shape index (κ3) is 7.03. The van der Waals surface area contributed by atoms with E-state index >= 15 is 0 Å². The quantitative estimate of drug-likeness (QED) is 0.713. The molecule has 0 rings (SSSR count). The lowest BCUT2D eigenvalue weighted by atomic mass is 9.95. The lowest BCUT2D eigenvalue weighted by Gasteiger charge is -2.26. The molecule has 0 fully saturated rings. The minimum Gasteiger partial charge on any atom is -0.383 e. The average Bonchev–Trinajstić information content (AvgIpc) is 1.95. The van der Waals surface area contributed by atoms with E-state index in [1.54, 1.807) is 7.11 Å². The van der Waals surface area contributed by atoms with Gasteiger partial charge in [-0.25, -0.2) is 0 Å². The van der Waals surface area contributed by atoms with Crippen molar-refractivity contribution < 1.29 is 4.74 Å². The molecule has 80 valence electrons. The van der Waals surface area contributed by atoms with Crippen molar-refractivity contribution in [2.24, 2.45) is 11.3 Å². The van der Waals surface area contributed by atoms with Gasteiger partial charge in [0.2, 0.25) is 0 Å². The molecule has 0 aliphatic carbocycles. The smallest absolute Gasteiger partial charge is 0.0618 e. The van der Waals surface area contributed by atoms with Crippen LogP contribution in [0.4, 0.5) is 0 Å². The van der Waals surface area contributed by atoms with Crippen LogP contribution < -0.4 is 5.32 Å². The van der Waals surface area contributed by atoms with Gasteiger partial charge in [0.25, 0.3) is 0 Å². The Morgan fingerprint density at radius 2 is 1.77 bits per heavy atom. The summed E-state index contributed by atoms with van der Waals surface area (Å²) in [5.74, 6) is 0.627. The highest BCUT2D eigenvalue weighted by atomic mass is 16.5. The van der Waals surface area contributed by atoms with Gasteiger partial charge in [-0.2, -0.15) is 0 Å². The van der Waals surface area contributed by atoms with Crippen molar-refractivity contribution in [1.29, 1.82) is 0 Å². The Labute approximate surface area is 83.1 Å². The standard InChI is InChI=1S/C11H25NO/c1-9(2)10(7-13-6)12-8-11(3,4)5/h9-10,12H,7-8H2,1-6H3. The topological polar surface area (TPSA) is 21.3 Å². The van der Waals surface area contributed by atoms with Crippen LogP contribution in [-0.4, -0.2) is 26.3 Å². The molecule has 0 radical (unpaired) electrons. The molecular weight excluding hydrogens is 162 g/mol. The minimum atomic E-state index is 0.348. The van der Waals surface area contributed by atoms with Gasteiger partial charge in [-0.3, -0.25) is 0 Å². The summed E-state index contributed by atoms with van der Waals surface area (Å²) in [6, 6.07) is 0.476. The van der Waals surface area contributed by atoms with Crippen molar-refractivity contribution >= 4 is 0 Å². The van der Waals surface area contributed by atoms with Crippen molar-refractivity contribution in [2.75, 3.05) is 20.3 Å². The Bertz CT molecular complexity index is 127. The van der Waals surface area contributed by atoms with E-state index in [1.807, 2.05) is 0 Å². The maximum absolute atomic E-state index is 5.17. The summed E-state index contributed by atoms with van der Waals surface area (Å²) < 4.78 is 5.17. The van der Waals surface area contributed by atoms with E-state index in [0.717, 1.165) is 13.2 Å². The van der Waals surface area contributed by atoms with E-state index in [1.165, 1.54) is 0 Å². The van der Waals surface area contributed by atoms with E-state index in [4.69, 9.17) is 4.74 Å². The molecule has 0 aliphatic heterocycles. The fourth-order valence-corrected chi connectivity index (χ4v) is 1.10. The normalized spacial score (nSPS) is 15.0. The zero-order valence-corrected chi connectivity index (χ0v) is 9.98. The first kappa shape index (κ1) is 12.9. The molecule has 0 aromatic carbocycles. The maximum atomic E-state index is 5.17. The van der Waals surface area contributed by atoms with Gasteiger partial charge in [0, 0.05) is 19.7 Å². The van der Waals surface area contributed by atoms with Gasteiger partial charge in [-0.15, -0.1) is 0 Å². The minimum absolute atomic E-state index is 0.348. The number of ether oxygens (including phenoxy) is 1. The van der Waals surface area contributed by atoms with Gasteiger partial charge in [0.05, 0.1) is 6.61 Å². The van der Waals surface area contributed by atoms with E-state index in [0.29, 0.717) is 17.4 Å². The van der Waals surface area contributed by atoms with Crippen LogP contribution in [0.3, 0.4) is 0 Å². The summed E-state index contributed by atoms with van der Waals surface area (Å²) in [5, 5.41) is 3.54. The molecule has 0 saturated heterocycles. The van der Waals surface area contributed by atoms with Crippen LogP contribution in [0.5, 0.6) is 0 Å². The zero-order valence-electron chi connectivity index (χ0n) is 9.98. The van der Waals surface area contributed by atoms with Gasteiger partial charge in [0.15, 0.2) is 0 Å². The average molecular weight is 187 g/mol. The fourth-order valence-electron chi connectivity index (χ4n) is 1.10. The summed E-state index contributed by atoms with van der Waals surface area (Å²) in [6.45, 7) is 13.0. The third-order valence-corrected chi connectivity index (χ3v) is 2.05. The first-order valence-corrected chi connectivity index (χ1v) is 5.09. The van der Waals surface area contributed by atoms with Crippen LogP contribution in [0.2, 0.25) is 0 Å². The van der Waals surface area contributed by atoms with Crippen molar-refractivity contribution in [1.82, 2.24) is 5.32 Å². The third-order valence-electron chi connectivity index (χ3n) is 2.05. The first-order chi connectivity index (χ1) is 5.87. The van der Waals surface area contributed by atoms with Gasteiger partial charge < -0.3 is 10.1 Å². The van der Waals surface area contributed by atoms with Crippen molar-refractivity contribution in [3.05, 3.63) is 0 Å². The predicted molar refractivity (Wildman–Crippen MR) is 58.0 cm³/mol. The van der Waals surface area contributed by atoms with Gasteiger partial charge in [-0.1, -0.05) is 34.6 Å². The molecule has 0 aromatic rings. The van der Waals surface area contributed by atoms with Crippen LogP contribution in [-0.2, 0) is 4.74 Å². The van der Waals surface area contributed by atoms with Crippen LogP contribution in [0.1, 0.15) is 34.6 Å². The molecule has 2 nitrogen and oxygen atoms in total. The van der Waals surface area contributed by atoms with Crippen LogP contribution in [0.15, 0.2) is 0 Å². The van der Waals surface area contributed by atoms with Crippen LogP contribution in [0.25, 0.3) is 0 Å². The summed E-state index contributed by atoms with van der Waals surface area (Å²) in [4.78, 5) is 0. The summed E-state index contributed by atoms with van der Waals surface area (Å²) in [6.07, 6.45) is 0. The molecule has 0 spiro atoms. The molecule has 0 bridgehead atoms. The number of hydrogen-bond donors (Lipinski definition) is 1. The molecule has 0 aliphatic rings. The molecule has 1 N–H and O–H groups in total. The largest absolute Gasteiger partial charge is 0.383 e. The van der Waals surface area contributed by atoms with Crippen molar-refractivity contribution in [2.45, 2.75) is 40.7 Å². The summed E-state index contributed by atoms with van der Waals surface area (Å²) in [7, 11) is 1.76. The van der Waals surface area contributed by atoms with E-state index in [-0.39, 0.29) is 0 Å². The Hall–Kier alpha value is -0.0800. The van der Waals surface area contributed by atoms with E-state index in [2.05, 4.69) is 39.9 Å². The lowest BCUT2D eigenvalue weighted by Crippen LogP contribution is -2.41. The molecular formula is C11H25NO. The van der Waals surface area contributed by atoms with Crippen LogP contribution >= 0.6 is 0 Å². The van der Waals surface area contributed by atoms with Gasteiger partial charge >= 0.3 is 0 Å².